The van der Waals surface area contributed by atoms with Crippen molar-refractivity contribution in [1.29, 1.82) is 0 Å². The first-order valence-corrected chi connectivity index (χ1v) is 15.0. The highest BCUT2D eigenvalue weighted by molar-refractivity contribution is 5.93. The van der Waals surface area contributed by atoms with Crippen LogP contribution >= 0.6 is 0 Å². The van der Waals surface area contributed by atoms with E-state index in [1.54, 1.807) is 54.6 Å². The molecular weight excluding hydrogens is 614 g/mol. The Labute approximate surface area is 272 Å². The maximum absolute atomic E-state index is 12.8. The molecule has 3 atom stereocenters. The maximum Gasteiger partial charge on any atom is 0.407 e. The van der Waals surface area contributed by atoms with E-state index in [9.17, 15) is 34.5 Å². The van der Waals surface area contributed by atoms with E-state index in [0.29, 0.717) is 12.0 Å². The molecule has 0 radical (unpaired) electrons. The molecule has 0 spiro atoms. The molecule has 2 aromatic rings. The van der Waals surface area contributed by atoms with Gasteiger partial charge in [0, 0.05) is 32.7 Å². The molecule has 47 heavy (non-hydrogen) atoms. The van der Waals surface area contributed by atoms with Crippen LogP contribution in [0.1, 0.15) is 42.9 Å². The van der Waals surface area contributed by atoms with Crippen molar-refractivity contribution < 1.29 is 53.4 Å². The highest BCUT2D eigenvalue weighted by Gasteiger charge is 2.34. The summed E-state index contributed by atoms with van der Waals surface area (Å²) in [6, 6.07) is 10.0. The molecule has 1 aliphatic heterocycles. The number of benzene rings is 2. The molecule has 0 bridgehead atoms. The number of phenolic OH excluding ortho intramolecular Hbond substituents is 1. The summed E-state index contributed by atoms with van der Waals surface area (Å²) in [5, 5.41) is 37.7. The van der Waals surface area contributed by atoms with Gasteiger partial charge in [0.05, 0.1) is 11.8 Å². The number of aliphatic carboxylic acids is 1. The van der Waals surface area contributed by atoms with E-state index < -0.39 is 42.4 Å². The van der Waals surface area contributed by atoms with Gasteiger partial charge in [-0.25, -0.2) is 9.59 Å². The Morgan fingerprint density at radius 2 is 1.68 bits per heavy atom. The predicted octanol–water partition coefficient (Wildman–Crippen LogP) is 2.83. The average Bonchev–Trinajstić information content (AvgIpc) is 3.02. The molecular formula is C33H41N3O11. The number of alkyl carbamates (subject to hydrolysis) is 1. The number of aromatic hydroxyl groups is 1. The van der Waals surface area contributed by atoms with Crippen LogP contribution in [-0.4, -0.2) is 91.1 Å². The fraction of sp³-hybridized carbons (Fsp3) is 0.394. The average molecular weight is 656 g/mol. The van der Waals surface area contributed by atoms with Gasteiger partial charge >= 0.3 is 18.0 Å². The molecule has 1 heterocycles. The van der Waals surface area contributed by atoms with E-state index in [4.69, 9.17) is 18.9 Å². The van der Waals surface area contributed by atoms with Gasteiger partial charge in [-0.05, 0) is 73.1 Å². The fourth-order valence-electron chi connectivity index (χ4n) is 4.46. The van der Waals surface area contributed by atoms with Crippen molar-refractivity contribution >= 4 is 41.8 Å². The number of carboxylic acids is 1. The number of ether oxygens (including phenoxy) is 4. The van der Waals surface area contributed by atoms with Crippen LogP contribution in [0.15, 0.2) is 48.6 Å². The van der Waals surface area contributed by atoms with Crippen LogP contribution < -0.4 is 20.7 Å². The van der Waals surface area contributed by atoms with Gasteiger partial charge in [0.15, 0.2) is 6.10 Å². The van der Waals surface area contributed by atoms with Crippen LogP contribution in [0.3, 0.4) is 0 Å². The van der Waals surface area contributed by atoms with Crippen LogP contribution in [0.2, 0.25) is 0 Å². The number of aliphatic hydroxyl groups excluding tert-OH is 1. The van der Waals surface area contributed by atoms with Crippen LogP contribution in [0.25, 0.3) is 12.2 Å². The van der Waals surface area contributed by atoms with Crippen molar-refractivity contribution in [2.75, 3.05) is 38.7 Å². The summed E-state index contributed by atoms with van der Waals surface area (Å²) in [4.78, 5) is 47.4. The van der Waals surface area contributed by atoms with Crippen molar-refractivity contribution in [3.05, 3.63) is 65.2 Å². The summed E-state index contributed by atoms with van der Waals surface area (Å²) in [5.41, 5.74) is 2.50. The summed E-state index contributed by atoms with van der Waals surface area (Å²) in [6.07, 6.45) is 3.20. The van der Waals surface area contributed by atoms with Crippen molar-refractivity contribution in [1.82, 2.24) is 10.6 Å². The predicted molar refractivity (Wildman–Crippen MR) is 172 cm³/mol. The largest absolute Gasteiger partial charge is 0.508 e. The zero-order valence-electron chi connectivity index (χ0n) is 26.3. The third-order valence-electron chi connectivity index (χ3n) is 6.76. The summed E-state index contributed by atoms with van der Waals surface area (Å²) in [6.45, 7) is 2.02. The Hall–Kier alpha value is -4.92. The lowest BCUT2D eigenvalue weighted by atomic mass is 10.1. The second-order valence-electron chi connectivity index (χ2n) is 10.6. The summed E-state index contributed by atoms with van der Waals surface area (Å²) >= 11 is 0. The summed E-state index contributed by atoms with van der Waals surface area (Å²) < 4.78 is 21.3. The zero-order valence-corrected chi connectivity index (χ0v) is 26.3. The first kappa shape index (κ1) is 36.5. The molecule has 0 aromatic heterocycles. The van der Waals surface area contributed by atoms with Crippen molar-refractivity contribution in [2.45, 2.75) is 51.1 Å². The number of anilines is 1. The smallest absolute Gasteiger partial charge is 0.407 e. The second kappa shape index (κ2) is 18.9. The first-order valence-electron chi connectivity index (χ1n) is 15.0. The molecule has 1 aliphatic rings. The van der Waals surface area contributed by atoms with Gasteiger partial charge in [0.25, 0.3) is 0 Å². The van der Waals surface area contributed by atoms with Gasteiger partial charge < -0.3 is 50.2 Å². The number of esters is 1. The van der Waals surface area contributed by atoms with Crippen LogP contribution in [0, 0.1) is 0 Å². The molecule has 0 saturated carbocycles. The van der Waals surface area contributed by atoms with E-state index >= 15 is 0 Å². The quantitative estimate of drug-likeness (QED) is 0.145. The number of aliphatic hydroxyl groups is 1. The van der Waals surface area contributed by atoms with Crippen LogP contribution in [-0.2, 0) is 35.0 Å². The Balaban J connectivity index is 1.54. The molecule has 1 fully saturated rings. The van der Waals surface area contributed by atoms with Gasteiger partial charge in [0.2, 0.25) is 12.2 Å². The lowest BCUT2D eigenvalue weighted by Gasteiger charge is -2.31. The number of likely N-dealkylation sites (N-methyl/N-ethyl adjacent to an activating group) is 1. The molecule has 1 saturated heterocycles. The minimum atomic E-state index is -1.25. The molecule has 2 aromatic carbocycles. The highest BCUT2D eigenvalue weighted by Crippen LogP contribution is 2.31. The highest BCUT2D eigenvalue weighted by atomic mass is 16.7. The monoisotopic (exact) mass is 655 g/mol. The number of rotatable bonds is 16. The lowest BCUT2D eigenvalue weighted by molar-refractivity contribution is -0.195. The fourth-order valence-corrected chi connectivity index (χ4v) is 4.46. The Bertz CT molecular complexity index is 1440. The van der Waals surface area contributed by atoms with Gasteiger partial charge in [-0.1, -0.05) is 24.3 Å². The Morgan fingerprint density at radius 3 is 2.38 bits per heavy atom. The van der Waals surface area contributed by atoms with Gasteiger partial charge in [0.1, 0.15) is 24.7 Å². The molecule has 14 heteroatoms. The number of phenols is 1. The number of carboxylic acid groups (broad SMARTS) is 1. The number of amides is 2. The minimum Gasteiger partial charge on any atom is -0.508 e. The van der Waals surface area contributed by atoms with Crippen molar-refractivity contribution in [3.63, 3.8) is 0 Å². The standard InChI is InChI=1S/C33H41N3O11/c1-21(37)44-15-3-6-23-8-10-28(46-31-20-25(38)19-29(47-31)32(41)42)26(18-23)36-30(40)12-14-35-33(43)45-16-4-5-22-7-9-27(39)24(17-22)11-13-34-2/h3-10,17-18,25,29,31,34,38-39H,11-16,19-20H2,1-2H3,(H,35,43)(H,36,40)(H,41,42)/b5-4+,6-3+. The lowest BCUT2D eigenvalue weighted by Crippen LogP contribution is -2.42. The van der Waals surface area contributed by atoms with E-state index in [0.717, 1.165) is 17.7 Å². The summed E-state index contributed by atoms with van der Waals surface area (Å²) in [5.74, 6) is -1.74. The van der Waals surface area contributed by atoms with E-state index in [1.165, 1.54) is 6.92 Å². The van der Waals surface area contributed by atoms with Crippen molar-refractivity contribution in [2.24, 2.45) is 0 Å². The van der Waals surface area contributed by atoms with Gasteiger partial charge in [-0.3, -0.25) is 9.59 Å². The minimum absolute atomic E-state index is 0.0100. The maximum atomic E-state index is 12.8. The normalized spacial score (nSPS) is 17.7. The topological polar surface area (TPSA) is 202 Å². The molecule has 0 aliphatic carbocycles. The van der Waals surface area contributed by atoms with Crippen molar-refractivity contribution in [3.8, 4) is 11.5 Å². The first-order chi connectivity index (χ1) is 22.5. The Kier molecular flexibility index (Phi) is 14.7. The second-order valence-corrected chi connectivity index (χ2v) is 10.6. The van der Waals surface area contributed by atoms with Gasteiger partial charge in [-0.2, -0.15) is 0 Å². The Morgan fingerprint density at radius 1 is 0.979 bits per heavy atom. The number of carbonyl (C=O) groups excluding carboxylic acids is 3. The molecule has 14 nitrogen and oxygen atoms in total. The molecule has 3 rings (SSSR count). The number of carbonyl (C=O) groups is 4. The summed E-state index contributed by atoms with van der Waals surface area (Å²) in [7, 11) is 1.83. The molecule has 2 amide bonds. The number of nitrogens with one attached hydrogen (secondary N) is 3. The third-order valence-corrected chi connectivity index (χ3v) is 6.76. The van der Waals surface area contributed by atoms with E-state index in [1.807, 2.05) is 13.1 Å². The number of hydrogen-bond acceptors (Lipinski definition) is 11. The van der Waals surface area contributed by atoms with Gasteiger partial charge in [-0.15, -0.1) is 0 Å². The van der Waals surface area contributed by atoms with E-state index in [2.05, 4.69) is 16.0 Å². The van der Waals surface area contributed by atoms with E-state index in [-0.39, 0.29) is 56.2 Å². The van der Waals surface area contributed by atoms with Crippen LogP contribution in [0.4, 0.5) is 10.5 Å². The third kappa shape index (κ3) is 13.1. The number of hydrogen-bond donors (Lipinski definition) is 6. The SMILES string of the molecule is CNCCc1cc(/C=C/COC(=O)NCCC(=O)Nc2cc(/C=C/COC(C)=O)ccc2OC2CC(O)CC(C(=O)O)O2)ccc1O. The molecule has 3 unspecified atom stereocenters. The zero-order chi connectivity index (χ0) is 34.2. The molecule has 254 valence electrons. The molecule has 6 N–H and O–H groups in total. The van der Waals surface area contributed by atoms with Crippen LogP contribution in [0.5, 0.6) is 11.5 Å².